The minimum Gasteiger partial charge on any atom is -0.340 e. The van der Waals surface area contributed by atoms with Gasteiger partial charge in [0.05, 0.1) is 5.54 Å². The predicted octanol–water partition coefficient (Wildman–Crippen LogP) is 6.90. The molecule has 1 amide bonds. The fraction of sp³-hybridized carbons (Fsp3) is 0.419. The Labute approximate surface area is 229 Å². The molecule has 1 aliphatic heterocycles. The van der Waals surface area contributed by atoms with Gasteiger partial charge in [-0.25, -0.2) is 9.18 Å². The highest BCUT2D eigenvalue weighted by Crippen LogP contribution is 2.49. The predicted molar refractivity (Wildman–Crippen MR) is 141 cm³/mol. The van der Waals surface area contributed by atoms with Gasteiger partial charge < -0.3 is 4.84 Å². The molecule has 3 aromatic rings. The molecular weight excluding hydrogens is 524 g/mol. The van der Waals surface area contributed by atoms with E-state index in [4.69, 9.17) is 4.84 Å². The van der Waals surface area contributed by atoms with Crippen LogP contribution in [-0.2, 0) is 20.8 Å². The molecule has 6 rings (SSSR count). The molecule has 1 atom stereocenters. The van der Waals surface area contributed by atoms with Crippen molar-refractivity contribution in [3.63, 3.8) is 0 Å². The SMILES string of the molecule is O=C1NN(OC(=O)C(F)(F)F)C2(CCC(Cc3ccc(-c4ccc5ccccc5c4)cc3F)CC2)CC1C1CC1. The van der Waals surface area contributed by atoms with E-state index in [-0.39, 0.29) is 23.6 Å². The van der Waals surface area contributed by atoms with E-state index in [1.807, 2.05) is 54.6 Å². The fourth-order valence-electron chi connectivity index (χ4n) is 6.42. The number of rotatable bonds is 5. The molecule has 3 fully saturated rings. The number of amides is 1. The summed E-state index contributed by atoms with van der Waals surface area (Å²) in [6.07, 6.45) is -0.421. The molecule has 2 aliphatic carbocycles. The van der Waals surface area contributed by atoms with Crippen LogP contribution in [0.25, 0.3) is 21.9 Å². The van der Waals surface area contributed by atoms with Gasteiger partial charge in [-0.2, -0.15) is 13.2 Å². The molecule has 5 nitrogen and oxygen atoms in total. The minimum atomic E-state index is -5.17. The minimum absolute atomic E-state index is 0.115. The van der Waals surface area contributed by atoms with Crippen LogP contribution in [0.3, 0.4) is 0 Å². The molecule has 3 aliphatic rings. The second kappa shape index (κ2) is 10.2. The van der Waals surface area contributed by atoms with E-state index < -0.39 is 23.6 Å². The van der Waals surface area contributed by atoms with Gasteiger partial charge in [-0.05, 0) is 108 Å². The van der Waals surface area contributed by atoms with E-state index in [1.165, 1.54) is 0 Å². The van der Waals surface area contributed by atoms with E-state index in [0.717, 1.165) is 39.9 Å². The van der Waals surface area contributed by atoms with Crippen molar-refractivity contribution < 1.29 is 32.0 Å². The molecule has 210 valence electrons. The van der Waals surface area contributed by atoms with Crippen molar-refractivity contribution in [2.75, 3.05) is 0 Å². The van der Waals surface area contributed by atoms with Crippen molar-refractivity contribution in [2.24, 2.45) is 17.8 Å². The molecule has 0 radical (unpaired) electrons. The molecule has 40 heavy (non-hydrogen) atoms. The molecule has 9 heteroatoms. The van der Waals surface area contributed by atoms with Crippen molar-refractivity contribution in [3.05, 3.63) is 72.0 Å². The zero-order valence-electron chi connectivity index (χ0n) is 21.8. The van der Waals surface area contributed by atoms with Crippen LogP contribution in [0.15, 0.2) is 60.7 Å². The number of hydroxylamine groups is 1. The normalized spacial score (nSPS) is 25.6. The van der Waals surface area contributed by atoms with Gasteiger partial charge in [0, 0.05) is 5.92 Å². The van der Waals surface area contributed by atoms with Gasteiger partial charge in [0.1, 0.15) is 5.82 Å². The van der Waals surface area contributed by atoms with Gasteiger partial charge in [-0.15, -0.1) is 0 Å². The Hall–Kier alpha value is -3.46. The molecular formula is C31H30F4N2O3. The zero-order chi connectivity index (χ0) is 28.1. The van der Waals surface area contributed by atoms with E-state index in [0.29, 0.717) is 44.1 Å². The van der Waals surface area contributed by atoms with Crippen molar-refractivity contribution in [1.29, 1.82) is 0 Å². The number of fused-ring (bicyclic) bond motifs is 1. The quantitative estimate of drug-likeness (QED) is 0.349. The lowest BCUT2D eigenvalue weighted by atomic mass is 9.69. The smallest absolute Gasteiger partial charge is 0.340 e. The number of carbonyl (C=O) groups is 2. The Bertz CT molecular complexity index is 1440. The Kier molecular flexibility index (Phi) is 6.81. The maximum atomic E-state index is 15.2. The Morgan fingerprint density at radius 3 is 2.30 bits per heavy atom. The molecule has 1 N–H and O–H groups in total. The third-order valence-electron chi connectivity index (χ3n) is 8.86. The average molecular weight is 555 g/mol. The van der Waals surface area contributed by atoms with E-state index in [1.54, 1.807) is 6.07 Å². The Balaban J connectivity index is 1.15. The molecule has 0 bridgehead atoms. The van der Waals surface area contributed by atoms with Gasteiger partial charge in [0.2, 0.25) is 5.91 Å². The second-order valence-corrected chi connectivity index (χ2v) is 11.5. The van der Waals surface area contributed by atoms with E-state index >= 15 is 4.39 Å². The maximum absolute atomic E-state index is 15.2. The summed E-state index contributed by atoms with van der Waals surface area (Å²) in [4.78, 5) is 29.0. The topological polar surface area (TPSA) is 58.6 Å². The zero-order valence-corrected chi connectivity index (χ0v) is 21.8. The molecule has 0 aromatic heterocycles. The lowest BCUT2D eigenvalue weighted by Gasteiger charge is -2.50. The van der Waals surface area contributed by atoms with Gasteiger partial charge in [-0.3, -0.25) is 10.2 Å². The van der Waals surface area contributed by atoms with Gasteiger partial charge >= 0.3 is 12.1 Å². The number of halogens is 4. The Morgan fingerprint density at radius 2 is 1.62 bits per heavy atom. The van der Waals surface area contributed by atoms with Crippen LogP contribution in [0, 0.1) is 23.6 Å². The number of hydrogen-bond donors (Lipinski definition) is 1. The first kappa shape index (κ1) is 26.7. The summed E-state index contributed by atoms with van der Waals surface area (Å²) < 4.78 is 54.2. The highest BCUT2D eigenvalue weighted by molar-refractivity contribution is 5.87. The molecule has 3 aromatic carbocycles. The molecule has 1 heterocycles. The Morgan fingerprint density at radius 1 is 0.950 bits per heavy atom. The standard InChI is InChI=1S/C31H30F4N2O3/c32-27-17-24(23-8-5-20-3-1-2-4-22(20)16-23)9-10-25(27)15-19-11-13-30(14-12-19)18-26(21-6-7-21)28(38)36-37(30)40-29(39)31(33,34)35/h1-5,8-10,16-17,19,21,26H,6-7,11-15,18H2,(H,36,38). The molecule has 1 saturated heterocycles. The van der Waals surface area contributed by atoms with Crippen LogP contribution in [0.2, 0.25) is 0 Å². The number of nitrogens with zero attached hydrogens (tertiary/aromatic N) is 1. The summed E-state index contributed by atoms with van der Waals surface area (Å²) in [7, 11) is 0. The van der Waals surface area contributed by atoms with Crippen molar-refractivity contribution in [3.8, 4) is 11.1 Å². The highest BCUT2D eigenvalue weighted by Gasteiger charge is 2.55. The summed E-state index contributed by atoms with van der Waals surface area (Å²) in [5.41, 5.74) is 3.86. The number of benzene rings is 3. The number of hydrogen-bond acceptors (Lipinski definition) is 4. The van der Waals surface area contributed by atoms with Crippen LogP contribution in [0.5, 0.6) is 0 Å². The third-order valence-corrected chi connectivity index (χ3v) is 8.86. The van der Waals surface area contributed by atoms with E-state index in [2.05, 4.69) is 5.43 Å². The van der Waals surface area contributed by atoms with Crippen molar-refractivity contribution in [2.45, 2.75) is 63.1 Å². The highest BCUT2D eigenvalue weighted by atomic mass is 19.4. The summed E-state index contributed by atoms with van der Waals surface area (Å²) in [5.74, 6) is -3.02. The third kappa shape index (κ3) is 5.31. The summed E-state index contributed by atoms with van der Waals surface area (Å²) in [6.45, 7) is 0. The lowest BCUT2D eigenvalue weighted by molar-refractivity contribution is -0.289. The lowest BCUT2D eigenvalue weighted by Crippen LogP contribution is -2.66. The molecule has 2 saturated carbocycles. The van der Waals surface area contributed by atoms with Gasteiger partial charge in [0.25, 0.3) is 0 Å². The largest absolute Gasteiger partial charge is 0.492 e. The van der Waals surface area contributed by atoms with Gasteiger partial charge in [-0.1, -0.05) is 48.5 Å². The first-order chi connectivity index (χ1) is 19.1. The monoisotopic (exact) mass is 554 g/mol. The number of hydrazine groups is 1. The fourth-order valence-corrected chi connectivity index (χ4v) is 6.42. The van der Waals surface area contributed by atoms with Crippen LogP contribution < -0.4 is 5.43 Å². The van der Waals surface area contributed by atoms with E-state index in [9.17, 15) is 22.8 Å². The number of nitrogens with one attached hydrogen (secondary N) is 1. The van der Waals surface area contributed by atoms with Gasteiger partial charge in [0.15, 0.2) is 0 Å². The first-order valence-corrected chi connectivity index (χ1v) is 13.8. The van der Waals surface area contributed by atoms with Crippen molar-refractivity contribution >= 4 is 22.6 Å². The second-order valence-electron chi connectivity index (χ2n) is 11.5. The molecule has 1 spiro atoms. The summed E-state index contributed by atoms with van der Waals surface area (Å²) >= 11 is 0. The first-order valence-electron chi connectivity index (χ1n) is 13.8. The number of carbonyl (C=O) groups excluding carboxylic acids is 2. The maximum Gasteiger partial charge on any atom is 0.492 e. The van der Waals surface area contributed by atoms with Crippen LogP contribution in [-0.4, -0.2) is 28.8 Å². The van der Waals surface area contributed by atoms with Crippen LogP contribution in [0.4, 0.5) is 17.6 Å². The number of alkyl halides is 3. The molecule has 1 unspecified atom stereocenters. The summed E-state index contributed by atoms with van der Waals surface area (Å²) in [6, 6.07) is 19.3. The average Bonchev–Trinajstić information content (AvgIpc) is 3.78. The van der Waals surface area contributed by atoms with Crippen molar-refractivity contribution in [1.82, 2.24) is 10.6 Å². The summed E-state index contributed by atoms with van der Waals surface area (Å²) in [5, 5.41) is 2.98. The van der Waals surface area contributed by atoms with Crippen LogP contribution >= 0.6 is 0 Å². The van der Waals surface area contributed by atoms with Crippen LogP contribution in [0.1, 0.15) is 50.5 Å².